The molecule has 0 spiro atoms. The van der Waals surface area contributed by atoms with Crippen LogP contribution in [0.3, 0.4) is 0 Å². The van der Waals surface area contributed by atoms with E-state index >= 15 is 0 Å². The third-order valence-electron chi connectivity index (χ3n) is 3.54. The molecule has 0 aliphatic carbocycles. The average molecular weight is 309 g/mol. The van der Waals surface area contributed by atoms with Crippen molar-refractivity contribution in [1.29, 1.82) is 5.26 Å². The molecule has 0 atom stereocenters. The monoisotopic (exact) mass is 309 g/mol. The molecule has 0 saturated carbocycles. The van der Waals surface area contributed by atoms with E-state index in [9.17, 15) is 4.79 Å². The molecule has 0 radical (unpaired) electrons. The van der Waals surface area contributed by atoms with E-state index in [1.54, 1.807) is 13.1 Å². The minimum atomic E-state index is -0.224. The van der Waals surface area contributed by atoms with Crippen molar-refractivity contribution in [2.45, 2.75) is 6.54 Å². The Hall–Kier alpha value is -2.84. The summed E-state index contributed by atoms with van der Waals surface area (Å²) in [6, 6.07) is 17.2. The Kier molecular flexibility index (Phi) is 5.73. The van der Waals surface area contributed by atoms with Gasteiger partial charge in [0.15, 0.2) is 0 Å². The van der Waals surface area contributed by atoms with Gasteiger partial charge < -0.3 is 15.3 Å². The van der Waals surface area contributed by atoms with E-state index < -0.39 is 0 Å². The molecular formula is C18H19N3O2. The summed E-state index contributed by atoms with van der Waals surface area (Å²) < 4.78 is 0. The fourth-order valence-corrected chi connectivity index (χ4v) is 2.20. The largest absolute Gasteiger partial charge is 0.395 e. The number of benzene rings is 2. The molecule has 0 bridgehead atoms. The van der Waals surface area contributed by atoms with Gasteiger partial charge in [-0.2, -0.15) is 5.26 Å². The van der Waals surface area contributed by atoms with Gasteiger partial charge >= 0.3 is 6.03 Å². The predicted molar refractivity (Wildman–Crippen MR) is 88.5 cm³/mol. The predicted octanol–water partition coefficient (Wildman–Crippen LogP) is 2.36. The number of carbonyl (C=O) groups is 1. The molecule has 2 amide bonds. The number of aliphatic hydroxyl groups is 1. The molecule has 5 nitrogen and oxygen atoms in total. The Morgan fingerprint density at radius 3 is 2.57 bits per heavy atom. The third kappa shape index (κ3) is 4.31. The highest BCUT2D eigenvalue weighted by molar-refractivity contribution is 5.74. The second kappa shape index (κ2) is 7.97. The lowest BCUT2D eigenvalue weighted by molar-refractivity contribution is 0.190. The molecule has 0 aliphatic rings. The highest BCUT2D eigenvalue weighted by atomic mass is 16.3. The lowest BCUT2D eigenvalue weighted by atomic mass is 9.99. The van der Waals surface area contributed by atoms with Crippen molar-refractivity contribution in [3.63, 3.8) is 0 Å². The molecule has 0 heterocycles. The summed E-state index contributed by atoms with van der Waals surface area (Å²) in [5.41, 5.74) is 3.47. The van der Waals surface area contributed by atoms with Crippen LogP contribution in [0.15, 0.2) is 48.5 Å². The second-order valence-electron chi connectivity index (χ2n) is 5.16. The first-order chi connectivity index (χ1) is 11.2. The first-order valence-corrected chi connectivity index (χ1v) is 7.34. The van der Waals surface area contributed by atoms with Crippen LogP contribution >= 0.6 is 0 Å². The fourth-order valence-electron chi connectivity index (χ4n) is 2.20. The van der Waals surface area contributed by atoms with Gasteiger partial charge in [-0.1, -0.05) is 42.5 Å². The first kappa shape index (κ1) is 16.5. The van der Waals surface area contributed by atoms with Crippen LogP contribution in [-0.2, 0) is 6.54 Å². The highest BCUT2D eigenvalue weighted by Gasteiger charge is 2.07. The van der Waals surface area contributed by atoms with Gasteiger partial charge in [0.25, 0.3) is 0 Å². The Balaban J connectivity index is 2.03. The number of amides is 2. The summed E-state index contributed by atoms with van der Waals surface area (Å²) in [5, 5.41) is 20.8. The Morgan fingerprint density at radius 2 is 1.91 bits per heavy atom. The van der Waals surface area contributed by atoms with Gasteiger partial charge in [0.2, 0.25) is 0 Å². The summed E-state index contributed by atoms with van der Waals surface area (Å²) >= 11 is 0. The molecule has 2 aromatic rings. The van der Waals surface area contributed by atoms with Gasteiger partial charge in [0.1, 0.15) is 0 Å². The van der Waals surface area contributed by atoms with E-state index in [4.69, 9.17) is 10.4 Å². The number of hydrogen-bond donors (Lipinski definition) is 2. The molecule has 0 saturated heterocycles. The molecular weight excluding hydrogens is 290 g/mol. The van der Waals surface area contributed by atoms with Gasteiger partial charge in [-0.15, -0.1) is 0 Å². The number of carbonyl (C=O) groups excluding carboxylic acids is 1. The zero-order chi connectivity index (χ0) is 16.7. The van der Waals surface area contributed by atoms with E-state index in [0.29, 0.717) is 18.7 Å². The summed E-state index contributed by atoms with van der Waals surface area (Å²) in [5.74, 6) is 0. The number of rotatable bonds is 5. The Bertz CT molecular complexity index is 705. The van der Waals surface area contributed by atoms with Crippen LogP contribution in [-0.4, -0.2) is 36.2 Å². The second-order valence-corrected chi connectivity index (χ2v) is 5.16. The van der Waals surface area contributed by atoms with Crippen LogP contribution in [0.2, 0.25) is 0 Å². The molecule has 5 heteroatoms. The number of aliphatic hydroxyl groups excluding tert-OH is 1. The zero-order valence-corrected chi connectivity index (χ0v) is 13.0. The van der Waals surface area contributed by atoms with E-state index in [-0.39, 0.29) is 12.6 Å². The Labute approximate surface area is 135 Å². The van der Waals surface area contributed by atoms with E-state index in [1.807, 2.05) is 42.5 Å². The van der Waals surface area contributed by atoms with Gasteiger partial charge in [-0.3, -0.25) is 0 Å². The van der Waals surface area contributed by atoms with Crippen molar-refractivity contribution in [3.05, 3.63) is 59.7 Å². The topological polar surface area (TPSA) is 76.4 Å². The molecule has 0 aromatic heterocycles. The van der Waals surface area contributed by atoms with Crippen LogP contribution < -0.4 is 5.32 Å². The third-order valence-corrected chi connectivity index (χ3v) is 3.54. The van der Waals surface area contributed by atoms with Crippen LogP contribution in [0, 0.1) is 11.3 Å². The minimum Gasteiger partial charge on any atom is -0.395 e. The maximum Gasteiger partial charge on any atom is 0.317 e. The van der Waals surface area contributed by atoms with Crippen LogP contribution in [0.5, 0.6) is 0 Å². The lowest BCUT2D eigenvalue weighted by Crippen LogP contribution is -2.38. The summed E-state index contributed by atoms with van der Waals surface area (Å²) in [4.78, 5) is 13.2. The number of hydrogen-bond acceptors (Lipinski definition) is 3. The average Bonchev–Trinajstić information content (AvgIpc) is 2.60. The molecule has 118 valence electrons. The van der Waals surface area contributed by atoms with Crippen LogP contribution in [0.25, 0.3) is 11.1 Å². The first-order valence-electron chi connectivity index (χ1n) is 7.34. The number of urea groups is 1. The molecule has 0 fully saturated rings. The normalized spacial score (nSPS) is 9.96. The van der Waals surface area contributed by atoms with Crippen molar-refractivity contribution in [2.24, 2.45) is 0 Å². The summed E-state index contributed by atoms with van der Waals surface area (Å²) in [6.45, 7) is 0.654. The van der Waals surface area contributed by atoms with Gasteiger partial charge in [-0.25, -0.2) is 4.79 Å². The SMILES string of the molecule is CN(CCO)C(=O)NCc1ccc(-c2ccccc2C#N)cc1. The van der Waals surface area contributed by atoms with E-state index in [1.165, 1.54) is 4.90 Å². The quantitative estimate of drug-likeness (QED) is 0.890. The summed E-state index contributed by atoms with van der Waals surface area (Å²) in [7, 11) is 1.63. The molecule has 23 heavy (non-hydrogen) atoms. The summed E-state index contributed by atoms with van der Waals surface area (Å²) in [6.07, 6.45) is 0. The van der Waals surface area contributed by atoms with E-state index in [2.05, 4.69) is 11.4 Å². The fraction of sp³-hybridized carbons (Fsp3) is 0.222. The van der Waals surface area contributed by atoms with Gasteiger partial charge in [0.05, 0.1) is 18.2 Å². The van der Waals surface area contributed by atoms with Crippen molar-refractivity contribution in [2.75, 3.05) is 20.2 Å². The molecule has 0 aliphatic heterocycles. The maximum atomic E-state index is 11.7. The standard InChI is InChI=1S/C18H19N3O2/c1-21(10-11-22)18(23)20-13-14-6-8-15(9-7-14)17-5-3-2-4-16(17)12-19/h2-9,22H,10-11,13H2,1H3,(H,20,23). The number of likely N-dealkylation sites (N-methyl/N-ethyl adjacent to an activating group) is 1. The van der Waals surface area contributed by atoms with Crippen molar-refractivity contribution in [3.8, 4) is 17.2 Å². The van der Waals surface area contributed by atoms with Gasteiger partial charge in [0, 0.05) is 20.1 Å². The maximum absolute atomic E-state index is 11.7. The smallest absolute Gasteiger partial charge is 0.317 e. The number of nitriles is 1. The van der Waals surface area contributed by atoms with Gasteiger partial charge in [-0.05, 0) is 22.8 Å². The van der Waals surface area contributed by atoms with Crippen molar-refractivity contribution >= 4 is 6.03 Å². The molecule has 2 aromatic carbocycles. The zero-order valence-electron chi connectivity index (χ0n) is 13.0. The minimum absolute atomic E-state index is 0.0586. The lowest BCUT2D eigenvalue weighted by Gasteiger charge is -2.16. The molecule has 2 N–H and O–H groups in total. The van der Waals surface area contributed by atoms with Crippen LogP contribution in [0.1, 0.15) is 11.1 Å². The van der Waals surface area contributed by atoms with Crippen LogP contribution in [0.4, 0.5) is 4.79 Å². The molecule has 2 rings (SSSR count). The van der Waals surface area contributed by atoms with Crippen molar-refractivity contribution < 1.29 is 9.90 Å². The number of nitrogens with one attached hydrogen (secondary N) is 1. The van der Waals surface area contributed by atoms with Crippen molar-refractivity contribution in [1.82, 2.24) is 10.2 Å². The van der Waals surface area contributed by atoms with E-state index in [0.717, 1.165) is 16.7 Å². The number of nitrogens with zero attached hydrogens (tertiary/aromatic N) is 2. The molecule has 0 unspecified atom stereocenters. The highest BCUT2D eigenvalue weighted by Crippen LogP contribution is 2.23. The Morgan fingerprint density at radius 1 is 1.22 bits per heavy atom.